The quantitative estimate of drug-likeness (QED) is 0.837. The van der Waals surface area contributed by atoms with Gasteiger partial charge in [0.25, 0.3) is 5.56 Å². The molecular weight excluding hydrogens is 230 g/mol. The number of aromatic amines is 1. The van der Waals surface area contributed by atoms with E-state index in [0.717, 1.165) is 18.5 Å². The van der Waals surface area contributed by atoms with Crippen LogP contribution in [0.15, 0.2) is 16.9 Å². The third-order valence-corrected chi connectivity index (χ3v) is 3.45. The molecule has 0 bridgehead atoms. The number of rotatable bonds is 3. The van der Waals surface area contributed by atoms with Crippen molar-refractivity contribution in [2.75, 3.05) is 6.61 Å². The highest BCUT2D eigenvalue weighted by atomic mass is 16.5. The number of carbonyl (C=O) groups is 1. The van der Waals surface area contributed by atoms with Gasteiger partial charge in [-0.2, -0.15) is 0 Å². The van der Waals surface area contributed by atoms with Crippen LogP contribution < -0.4 is 5.56 Å². The van der Waals surface area contributed by atoms with Crippen LogP contribution in [0.5, 0.6) is 0 Å². The SMILES string of the molecule is Cc1ccc(C(=O)OCC2CCCCC2)c(=O)[nH]1. The Morgan fingerprint density at radius 1 is 1.33 bits per heavy atom. The number of esters is 1. The Balaban J connectivity index is 1.93. The van der Waals surface area contributed by atoms with Gasteiger partial charge in [-0.25, -0.2) is 4.79 Å². The van der Waals surface area contributed by atoms with Gasteiger partial charge >= 0.3 is 5.97 Å². The summed E-state index contributed by atoms with van der Waals surface area (Å²) in [7, 11) is 0. The van der Waals surface area contributed by atoms with Crippen molar-refractivity contribution in [1.29, 1.82) is 0 Å². The topological polar surface area (TPSA) is 59.2 Å². The minimum atomic E-state index is -0.512. The van der Waals surface area contributed by atoms with E-state index in [2.05, 4.69) is 4.98 Å². The number of aryl methyl sites for hydroxylation is 1. The predicted molar refractivity (Wildman–Crippen MR) is 68.7 cm³/mol. The molecule has 0 aromatic carbocycles. The van der Waals surface area contributed by atoms with E-state index in [4.69, 9.17) is 4.74 Å². The maximum absolute atomic E-state index is 11.8. The van der Waals surface area contributed by atoms with Crippen molar-refractivity contribution in [3.05, 3.63) is 33.7 Å². The summed E-state index contributed by atoms with van der Waals surface area (Å²) in [5.74, 6) is -0.0472. The Labute approximate surface area is 106 Å². The monoisotopic (exact) mass is 249 g/mol. The van der Waals surface area contributed by atoms with Gasteiger partial charge < -0.3 is 9.72 Å². The second-order valence-corrected chi connectivity index (χ2v) is 4.99. The van der Waals surface area contributed by atoms with Crippen molar-refractivity contribution >= 4 is 5.97 Å². The molecule has 1 saturated carbocycles. The average Bonchev–Trinajstić information content (AvgIpc) is 2.37. The molecule has 2 rings (SSSR count). The number of ether oxygens (including phenoxy) is 1. The maximum atomic E-state index is 11.8. The van der Waals surface area contributed by atoms with Crippen LogP contribution in [-0.4, -0.2) is 17.6 Å². The summed E-state index contributed by atoms with van der Waals surface area (Å²) in [6, 6.07) is 3.23. The van der Waals surface area contributed by atoms with Crippen molar-refractivity contribution in [1.82, 2.24) is 4.98 Å². The molecule has 0 atom stereocenters. The van der Waals surface area contributed by atoms with Crippen LogP contribution in [0.25, 0.3) is 0 Å². The van der Waals surface area contributed by atoms with Crippen LogP contribution in [0.4, 0.5) is 0 Å². The third kappa shape index (κ3) is 3.22. The van der Waals surface area contributed by atoms with E-state index in [0.29, 0.717) is 12.5 Å². The lowest BCUT2D eigenvalue weighted by atomic mass is 9.90. The van der Waals surface area contributed by atoms with Crippen LogP contribution in [0, 0.1) is 12.8 Å². The molecular formula is C14H19NO3. The fraction of sp³-hybridized carbons (Fsp3) is 0.571. The van der Waals surface area contributed by atoms with Gasteiger partial charge in [-0.1, -0.05) is 19.3 Å². The predicted octanol–water partition coefficient (Wildman–Crippen LogP) is 2.42. The lowest BCUT2D eigenvalue weighted by Gasteiger charge is -2.20. The molecule has 0 aliphatic heterocycles. The van der Waals surface area contributed by atoms with Crippen molar-refractivity contribution in [3.63, 3.8) is 0 Å². The molecule has 1 fully saturated rings. The number of hydrogen-bond acceptors (Lipinski definition) is 3. The Morgan fingerprint density at radius 3 is 2.72 bits per heavy atom. The second-order valence-electron chi connectivity index (χ2n) is 4.99. The molecule has 1 heterocycles. The van der Waals surface area contributed by atoms with E-state index < -0.39 is 5.97 Å². The van der Waals surface area contributed by atoms with E-state index >= 15 is 0 Å². The molecule has 4 heteroatoms. The van der Waals surface area contributed by atoms with Gasteiger partial charge in [0.05, 0.1) is 6.61 Å². The molecule has 0 radical (unpaired) electrons. The zero-order valence-electron chi connectivity index (χ0n) is 10.7. The molecule has 18 heavy (non-hydrogen) atoms. The molecule has 0 spiro atoms. The van der Waals surface area contributed by atoms with Gasteiger partial charge in [-0.15, -0.1) is 0 Å². The van der Waals surface area contributed by atoms with E-state index in [1.54, 1.807) is 13.0 Å². The number of hydrogen-bond donors (Lipinski definition) is 1. The first-order chi connectivity index (χ1) is 8.66. The van der Waals surface area contributed by atoms with E-state index in [1.807, 2.05) is 0 Å². The van der Waals surface area contributed by atoms with Crippen LogP contribution in [-0.2, 0) is 4.74 Å². The van der Waals surface area contributed by atoms with Crippen LogP contribution in [0.1, 0.15) is 48.2 Å². The molecule has 4 nitrogen and oxygen atoms in total. The first kappa shape index (κ1) is 12.9. The average molecular weight is 249 g/mol. The number of H-pyrrole nitrogens is 1. The Bertz CT molecular complexity index is 472. The summed E-state index contributed by atoms with van der Waals surface area (Å²) in [4.78, 5) is 26.0. The Hall–Kier alpha value is -1.58. The molecule has 0 unspecified atom stereocenters. The minimum absolute atomic E-state index is 0.0939. The van der Waals surface area contributed by atoms with Crippen molar-refractivity contribution in [2.24, 2.45) is 5.92 Å². The summed E-state index contributed by atoms with van der Waals surface area (Å²) in [6.45, 7) is 2.21. The second kappa shape index (κ2) is 5.85. The van der Waals surface area contributed by atoms with E-state index in [-0.39, 0.29) is 11.1 Å². The molecule has 1 aliphatic carbocycles. The highest BCUT2D eigenvalue weighted by Gasteiger charge is 2.17. The minimum Gasteiger partial charge on any atom is -0.462 e. The Kier molecular flexibility index (Phi) is 4.18. The molecule has 1 aliphatic rings. The van der Waals surface area contributed by atoms with Crippen LogP contribution >= 0.6 is 0 Å². The van der Waals surface area contributed by atoms with Crippen molar-refractivity contribution in [3.8, 4) is 0 Å². The third-order valence-electron chi connectivity index (χ3n) is 3.45. The zero-order chi connectivity index (χ0) is 13.0. The number of pyridine rings is 1. The summed E-state index contributed by atoms with van der Waals surface area (Å²) in [5, 5.41) is 0. The van der Waals surface area contributed by atoms with Crippen LogP contribution in [0.2, 0.25) is 0 Å². The maximum Gasteiger partial charge on any atom is 0.343 e. The van der Waals surface area contributed by atoms with E-state index in [9.17, 15) is 9.59 Å². The largest absolute Gasteiger partial charge is 0.462 e. The van der Waals surface area contributed by atoms with Gasteiger partial charge in [0, 0.05) is 5.69 Å². The standard InChI is InChI=1S/C14H19NO3/c1-10-7-8-12(13(16)15-10)14(17)18-9-11-5-3-2-4-6-11/h7-8,11H,2-6,9H2,1H3,(H,15,16). The molecule has 98 valence electrons. The number of carbonyl (C=O) groups excluding carboxylic acids is 1. The molecule has 1 N–H and O–H groups in total. The molecule has 1 aromatic heterocycles. The Morgan fingerprint density at radius 2 is 2.06 bits per heavy atom. The van der Waals surface area contributed by atoms with E-state index in [1.165, 1.54) is 25.3 Å². The highest BCUT2D eigenvalue weighted by molar-refractivity contribution is 5.88. The smallest absolute Gasteiger partial charge is 0.343 e. The van der Waals surface area contributed by atoms with Crippen molar-refractivity contribution in [2.45, 2.75) is 39.0 Å². The lowest BCUT2D eigenvalue weighted by molar-refractivity contribution is 0.0408. The lowest BCUT2D eigenvalue weighted by Crippen LogP contribution is -2.23. The van der Waals surface area contributed by atoms with Gasteiger partial charge in [0.1, 0.15) is 5.56 Å². The van der Waals surface area contributed by atoms with Gasteiger partial charge in [-0.05, 0) is 37.8 Å². The summed E-state index contributed by atoms with van der Waals surface area (Å²) < 4.78 is 5.23. The molecule has 0 saturated heterocycles. The summed E-state index contributed by atoms with van der Waals surface area (Å²) in [6.07, 6.45) is 5.96. The highest BCUT2D eigenvalue weighted by Crippen LogP contribution is 2.23. The first-order valence-corrected chi connectivity index (χ1v) is 6.54. The van der Waals surface area contributed by atoms with Gasteiger partial charge in [0.2, 0.25) is 0 Å². The summed E-state index contributed by atoms with van der Waals surface area (Å²) in [5.41, 5.74) is 0.462. The fourth-order valence-electron chi connectivity index (χ4n) is 2.36. The first-order valence-electron chi connectivity index (χ1n) is 6.54. The summed E-state index contributed by atoms with van der Waals surface area (Å²) >= 11 is 0. The van der Waals surface area contributed by atoms with Crippen molar-refractivity contribution < 1.29 is 9.53 Å². The van der Waals surface area contributed by atoms with Gasteiger partial charge in [-0.3, -0.25) is 4.79 Å². The fourth-order valence-corrected chi connectivity index (χ4v) is 2.36. The molecule has 1 aromatic rings. The van der Waals surface area contributed by atoms with Gasteiger partial charge in [0.15, 0.2) is 0 Å². The number of aromatic nitrogens is 1. The zero-order valence-corrected chi connectivity index (χ0v) is 10.7. The van der Waals surface area contributed by atoms with Crippen LogP contribution in [0.3, 0.4) is 0 Å². The molecule has 0 amide bonds. The normalized spacial score (nSPS) is 16.5. The number of nitrogens with one attached hydrogen (secondary N) is 1.